The molecule has 5 nitrogen and oxygen atoms in total. The summed E-state index contributed by atoms with van der Waals surface area (Å²) in [6.45, 7) is 3.13. The van der Waals surface area contributed by atoms with Gasteiger partial charge in [-0.05, 0) is 39.5 Å². The number of imidazole rings is 1. The van der Waals surface area contributed by atoms with Crippen LogP contribution >= 0.6 is 0 Å². The summed E-state index contributed by atoms with van der Waals surface area (Å²) in [5.41, 5.74) is -1.13. The van der Waals surface area contributed by atoms with Crippen molar-refractivity contribution in [2.24, 2.45) is 0 Å². The Morgan fingerprint density at radius 1 is 1.22 bits per heavy atom. The molecule has 126 valence electrons. The molecule has 0 bridgehead atoms. The van der Waals surface area contributed by atoms with Gasteiger partial charge in [0, 0.05) is 24.5 Å². The van der Waals surface area contributed by atoms with E-state index in [-0.39, 0.29) is 6.04 Å². The molecule has 23 heavy (non-hydrogen) atoms. The Hall–Kier alpha value is -1.76. The molecule has 0 atom stereocenters. The molecule has 0 radical (unpaired) electrons. The van der Waals surface area contributed by atoms with Crippen molar-refractivity contribution in [3.63, 3.8) is 0 Å². The number of rotatable bonds is 5. The molecule has 0 unspecified atom stereocenters. The Bertz CT molecular complexity index is 612. The van der Waals surface area contributed by atoms with Gasteiger partial charge in [0.1, 0.15) is 12.1 Å². The molecule has 1 aliphatic rings. The van der Waals surface area contributed by atoms with Crippen molar-refractivity contribution in [1.82, 2.24) is 24.6 Å². The molecule has 2 heterocycles. The molecule has 2 aromatic heterocycles. The first kappa shape index (κ1) is 16.1. The van der Waals surface area contributed by atoms with Crippen molar-refractivity contribution >= 4 is 0 Å². The van der Waals surface area contributed by atoms with Gasteiger partial charge in [0.2, 0.25) is 0 Å². The van der Waals surface area contributed by atoms with Gasteiger partial charge in [-0.15, -0.1) is 0 Å². The smallest absolute Gasteiger partial charge is 0.255 e. The first-order chi connectivity index (χ1) is 11.0. The second-order valence-corrected chi connectivity index (χ2v) is 6.78. The van der Waals surface area contributed by atoms with E-state index < -0.39 is 12.0 Å². The lowest BCUT2D eigenvalue weighted by Gasteiger charge is -2.36. The van der Waals surface area contributed by atoms with E-state index in [0.29, 0.717) is 6.04 Å². The summed E-state index contributed by atoms with van der Waals surface area (Å²) in [4.78, 5) is 4.07. The zero-order chi connectivity index (χ0) is 16.4. The molecular formula is C16H23F2N5. The number of hydrogen-bond acceptors (Lipinski definition) is 3. The van der Waals surface area contributed by atoms with Gasteiger partial charge in [-0.1, -0.05) is 0 Å². The van der Waals surface area contributed by atoms with Crippen molar-refractivity contribution in [3.8, 4) is 5.82 Å². The third-order valence-corrected chi connectivity index (χ3v) is 4.58. The predicted octanol–water partition coefficient (Wildman–Crippen LogP) is 3.19. The molecule has 0 amide bonds. The Morgan fingerprint density at radius 2 is 1.96 bits per heavy atom. The van der Waals surface area contributed by atoms with Crippen molar-refractivity contribution in [2.45, 2.75) is 63.6 Å². The maximum Gasteiger partial charge on any atom is 0.255 e. The van der Waals surface area contributed by atoms with Crippen LogP contribution in [0.3, 0.4) is 0 Å². The van der Waals surface area contributed by atoms with E-state index in [2.05, 4.69) is 15.4 Å². The summed E-state index contributed by atoms with van der Waals surface area (Å²) in [5, 5.41) is 7.56. The zero-order valence-electron chi connectivity index (χ0n) is 13.5. The second kappa shape index (κ2) is 6.39. The van der Waals surface area contributed by atoms with Gasteiger partial charge in [0.05, 0.1) is 17.8 Å². The number of aromatic nitrogens is 4. The van der Waals surface area contributed by atoms with Gasteiger partial charge in [-0.25, -0.2) is 18.4 Å². The average molecular weight is 323 g/mol. The molecule has 1 aliphatic carbocycles. The van der Waals surface area contributed by atoms with E-state index >= 15 is 0 Å². The standard InChI is InChI=1S/C16H23F2N5/c1-16(2,15(17)18)21-12-3-5-13(6-4-12)23-14(7-8-20-23)22-10-9-19-11-22/h7-13,15,21H,3-6H2,1-2H3/t12-,13+. The van der Waals surface area contributed by atoms with Gasteiger partial charge in [0.15, 0.2) is 0 Å². The van der Waals surface area contributed by atoms with Crippen LogP contribution in [0, 0.1) is 0 Å². The van der Waals surface area contributed by atoms with Crippen LogP contribution in [0.15, 0.2) is 31.0 Å². The van der Waals surface area contributed by atoms with Gasteiger partial charge < -0.3 is 5.32 Å². The molecule has 0 saturated heterocycles. The lowest BCUT2D eigenvalue weighted by molar-refractivity contribution is 0.0388. The van der Waals surface area contributed by atoms with Crippen LogP contribution in [0.25, 0.3) is 5.82 Å². The minimum atomic E-state index is -2.36. The van der Waals surface area contributed by atoms with Crippen molar-refractivity contribution in [2.75, 3.05) is 0 Å². The SMILES string of the molecule is CC(C)(N[C@H]1CC[C@@H](n2nccc2-n2ccnc2)CC1)C(F)F. The van der Waals surface area contributed by atoms with Crippen LogP contribution in [0.4, 0.5) is 8.78 Å². The maximum absolute atomic E-state index is 13.0. The average Bonchev–Trinajstić information content (AvgIpc) is 3.18. The number of nitrogens with one attached hydrogen (secondary N) is 1. The fourth-order valence-corrected chi connectivity index (χ4v) is 3.24. The summed E-state index contributed by atoms with van der Waals surface area (Å²) >= 11 is 0. The third kappa shape index (κ3) is 3.44. The molecule has 0 aromatic carbocycles. The summed E-state index contributed by atoms with van der Waals surface area (Å²) < 4.78 is 30.0. The largest absolute Gasteiger partial charge is 0.304 e. The molecule has 0 spiro atoms. The lowest BCUT2D eigenvalue weighted by Crippen LogP contribution is -2.51. The summed E-state index contributed by atoms with van der Waals surface area (Å²) in [5.74, 6) is 0.992. The Balaban J connectivity index is 1.63. The minimum absolute atomic E-state index is 0.141. The van der Waals surface area contributed by atoms with E-state index in [1.165, 1.54) is 0 Å². The number of alkyl halides is 2. The van der Waals surface area contributed by atoms with Gasteiger partial charge in [-0.2, -0.15) is 5.10 Å². The second-order valence-electron chi connectivity index (χ2n) is 6.78. The number of hydrogen-bond donors (Lipinski definition) is 1. The van der Waals surface area contributed by atoms with E-state index in [1.54, 1.807) is 32.6 Å². The van der Waals surface area contributed by atoms with Gasteiger partial charge in [-0.3, -0.25) is 4.57 Å². The van der Waals surface area contributed by atoms with Crippen LogP contribution < -0.4 is 5.32 Å². The highest BCUT2D eigenvalue weighted by atomic mass is 19.3. The monoisotopic (exact) mass is 323 g/mol. The fourth-order valence-electron chi connectivity index (χ4n) is 3.24. The molecule has 1 N–H and O–H groups in total. The molecule has 7 heteroatoms. The highest BCUT2D eigenvalue weighted by molar-refractivity contribution is 5.21. The van der Waals surface area contributed by atoms with Crippen LogP contribution in [0.2, 0.25) is 0 Å². The first-order valence-electron chi connectivity index (χ1n) is 8.05. The van der Waals surface area contributed by atoms with E-state index in [9.17, 15) is 8.78 Å². The number of nitrogens with zero attached hydrogens (tertiary/aromatic N) is 4. The van der Waals surface area contributed by atoms with Crippen molar-refractivity contribution in [3.05, 3.63) is 31.0 Å². The molecule has 1 saturated carbocycles. The third-order valence-electron chi connectivity index (χ3n) is 4.58. The van der Waals surface area contributed by atoms with Crippen LogP contribution in [-0.2, 0) is 0 Å². The van der Waals surface area contributed by atoms with Gasteiger partial charge in [0.25, 0.3) is 6.43 Å². The quantitative estimate of drug-likeness (QED) is 0.919. The first-order valence-corrected chi connectivity index (χ1v) is 8.05. The Labute approximate surface area is 134 Å². The van der Waals surface area contributed by atoms with Crippen LogP contribution in [0.1, 0.15) is 45.6 Å². The van der Waals surface area contributed by atoms with E-state index in [0.717, 1.165) is 31.5 Å². The Kier molecular flexibility index (Phi) is 4.48. The van der Waals surface area contributed by atoms with Crippen LogP contribution in [-0.4, -0.2) is 37.3 Å². The summed E-state index contributed by atoms with van der Waals surface area (Å²) in [7, 11) is 0. The lowest BCUT2D eigenvalue weighted by atomic mass is 9.89. The number of halogens is 2. The normalized spacial score (nSPS) is 22.7. The zero-order valence-corrected chi connectivity index (χ0v) is 13.5. The van der Waals surface area contributed by atoms with E-state index in [1.807, 2.05) is 21.5 Å². The molecule has 2 aromatic rings. The molecule has 0 aliphatic heterocycles. The fraction of sp³-hybridized carbons (Fsp3) is 0.625. The summed E-state index contributed by atoms with van der Waals surface area (Å²) in [6, 6.07) is 2.41. The minimum Gasteiger partial charge on any atom is -0.304 e. The topological polar surface area (TPSA) is 47.7 Å². The van der Waals surface area contributed by atoms with Gasteiger partial charge >= 0.3 is 0 Å². The molecule has 3 rings (SSSR count). The van der Waals surface area contributed by atoms with E-state index in [4.69, 9.17) is 0 Å². The Morgan fingerprint density at radius 3 is 2.57 bits per heavy atom. The van der Waals surface area contributed by atoms with Crippen molar-refractivity contribution < 1.29 is 8.78 Å². The predicted molar refractivity (Wildman–Crippen MR) is 83.9 cm³/mol. The summed E-state index contributed by atoms with van der Waals surface area (Å²) in [6.07, 6.45) is 8.44. The molecular weight excluding hydrogens is 300 g/mol. The highest BCUT2D eigenvalue weighted by Gasteiger charge is 2.33. The van der Waals surface area contributed by atoms with Crippen molar-refractivity contribution in [1.29, 1.82) is 0 Å². The maximum atomic E-state index is 13.0. The van der Waals surface area contributed by atoms with Crippen LogP contribution in [0.5, 0.6) is 0 Å². The molecule has 1 fully saturated rings. The highest BCUT2D eigenvalue weighted by Crippen LogP contribution is 2.31.